The molecule has 11 heteroatoms. The third-order valence-electron chi connectivity index (χ3n) is 8.13. The van der Waals surface area contributed by atoms with E-state index < -0.39 is 11.4 Å². The van der Waals surface area contributed by atoms with E-state index in [9.17, 15) is 18.8 Å². The number of aromatic nitrogens is 4. The molecule has 0 spiro atoms. The van der Waals surface area contributed by atoms with Gasteiger partial charge in [-0.05, 0) is 87.3 Å². The highest BCUT2D eigenvalue weighted by Gasteiger charge is 2.30. The van der Waals surface area contributed by atoms with Crippen molar-refractivity contribution in [2.45, 2.75) is 63.6 Å². The molecule has 3 aromatic heterocycles. The fourth-order valence-electron chi connectivity index (χ4n) is 5.90. The lowest BCUT2D eigenvalue weighted by molar-refractivity contribution is 0.0919. The van der Waals surface area contributed by atoms with Crippen molar-refractivity contribution in [3.63, 3.8) is 0 Å². The average molecular weight is 590 g/mol. The lowest BCUT2D eigenvalue weighted by Gasteiger charge is -2.31. The van der Waals surface area contributed by atoms with E-state index >= 15 is 0 Å². The zero-order valence-corrected chi connectivity index (χ0v) is 24.1. The quantitative estimate of drug-likeness (QED) is 0.330. The molecule has 1 N–H and O–H groups in total. The van der Waals surface area contributed by atoms with E-state index in [2.05, 4.69) is 15.3 Å². The van der Waals surface area contributed by atoms with Gasteiger partial charge in [0.1, 0.15) is 22.8 Å². The van der Waals surface area contributed by atoms with E-state index in [0.717, 1.165) is 36.1 Å². The number of aryl methyl sites for hydroxylation is 1. The van der Waals surface area contributed by atoms with Crippen LogP contribution in [0.5, 0.6) is 11.6 Å². The number of nitrogens with one attached hydrogen (secondary N) is 1. The second-order valence-corrected chi connectivity index (χ2v) is 12.2. The van der Waals surface area contributed by atoms with Crippen molar-refractivity contribution in [1.82, 2.24) is 24.4 Å². The highest BCUT2D eigenvalue weighted by Crippen LogP contribution is 2.31. The van der Waals surface area contributed by atoms with Crippen LogP contribution < -0.4 is 21.3 Å². The normalized spacial score (nSPS) is 19.5. The number of hydrogen-bond acceptors (Lipinski definition) is 7. The van der Waals surface area contributed by atoms with Crippen molar-refractivity contribution in [1.29, 1.82) is 0 Å². The fraction of sp³-hybridized carbons (Fsp3) is 0.387. The first-order chi connectivity index (χ1) is 20.4. The summed E-state index contributed by atoms with van der Waals surface area (Å²) in [7, 11) is 0. The van der Waals surface area contributed by atoms with Crippen LogP contribution in [-0.4, -0.2) is 42.6 Å². The molecule has 1 saturated carbocycles. The van der Waals surface area contributed by atoms with Crippen molar-refractivity contribution in [3.05, 3.63) is 92.6 Å². The molecular formula is C31H32FN5O4S. The number of nitrogens with zero attached hydrogens (tertiary/aromatic N) is 4. The van der Waals surface area contributed by atoms with Crippen LogP contribution in [0.25, 0.3) is 11.0 Å². The Hall–Kier alpha value is -3.99. The number of hydrogen-bond donors (Lipinski definition) is 1. The predicted octanol–water partition coefficient (Wildman–Crippen LogP) is 5.17. The molecule has 0 unspecified atom stereocenters. The molecule has 2 aliphatic rings. The first kappa shape index (κ1) is 28.1. The Morgan fingerprint density at radius 2 is 1.69 bits per heavy atom. The van der Waals surface area contributed by atoms with E-state index in [1.165, 1.54) is 10.6 Å². The fourth-order valence-corrected chi connectivity index (χ4v) is 6.99. The average Bonchev–Trinajstić information content (AvgIpc) is 3.00. The maximum absolute atomic E-state index is 14.2. The third kappa shape index (κ3) is 5.70. The van der Waals surface area contributed by atoms with Gasteiger partial charge in [0, 0.05) is 24.3 Å². The van der Waals surface area contributed by atoms with Gasteiger partial charge in [0.05, 0.1) is 11.6 Å². The molecule has 0 radical (unpaired) electrons. The summed E-state index contributed by atoms with van der Waals surface area (Å²) in [6.45, 7) is 1.98. The van der Waals surface area contributed by atoms with Crippen molar-refractivity contribution >= 4 is 28.7 Å². The van der Waals surface area contributed by atoms with Crippen LogP contribution in [0.3, 0.4) is 0 Å². The largest absolute Gasteiger partial charge is 0.438 e. The molecule has 1 aliphatic heterocycles. The van der Waals surface area contributed by atoms with Crippen LogP contribution in [0, 0.1) is 12.7 Å². The number of halogens is 1. The summed E-state index contributed by atoms with van der Waals surface area (Å²) in [4.78, 5) is 49.1. The van der Waals surface area contributed by atoms with Gasteiger partial charge in [-0.3, -0.25) is 18.7 Å². The molecule has 4 heterocycles. The Kier molecular flexibility index (Phi) is 8.10. The maximum atomic E-state index is 14.2. The number of thioether (sulfide) groups is 1. The summed E-state index contributed by atoms with van der Waals surface area (Å²) >= 11 is 1.84. The molecule has 4 aromatic rings. The topological polar surface area (TPSA) is 108 Å². The first-order valence-corrected chi connectivity index (χ1v) is 15.4. The van der Waals surface area contributed by atoms with Crippen LogP contribution in [0.4, 0.5) is 4.39 Å². The minimum Gasteiger partial charge on any atom is -0.438 e. The smallest absolute Gasteiger partial charge is 0.333 e. The van der Waals surface area contributed by atoms with Crippen molar-refractivity contribution in [2.24, 2.45) is 0 Å². The Morgan fingerprint density at radius 1 is 0.976 bits per heavy atom. The van der Waals surface area contributed by atoms with Crippen LogP contribution >= 0.6 is 11.8 Å². The van der Waals surface area contributed by atoms with Gasteiger partial charge in [-0.25, -0.2) is 19.2 Å². The van der Waals surface area contributed by atoms with Gasteiger partial charge < -0.3 is 10.1 Å². The van der Waals surface area contributed by atoms with Crippen molar-refractivity contribution in [2.75, 3.05) is 11.5 Å². The molecule has 9 nitrogen and oxygen atoms in total. The van der Waals surface area contributed by atoms with Gasteiger partial charge in [-0.2, -0.15) is 11.8 Å². The molecule has 6 rings (SSSR count). The zero-order valence-electron chi connectivity index (χ0n) is 23.3. The number of fused-ring (bicyclic) bond motifs is 1. The van der Waals surface area contributed by atoms with Gasteiger partial charge in [0.25, 0.3) is 11.5 Å². The Morgan fingerprint density at radius 3 is 2.43 bits per heavy atom. The molecule has 1 saturated heterocycles. The molecule has 1 amide bonds. The molecule has 218 valence electrons. The molecule has 42 heavy (non-hydrogen) atoms. The van der Waals surface area contributed by atoms with Crippen molar-refractivity contribution < 1.29 is 13.9 Å². The van der Waals surface area contributed by atoms with Gasteiger partial charge in [0.15, 0.2) is 0 Å². The summed E-state index contributed by atoms with van der Waals surface area (Å²) in [5.41, 5.74) is 0.779. The van der Waals surface area contributed by atoms with E-state index in [1.807, 2.05) is 43.0 Å². The molecule has 1 aliphatic carbocycles. The zero-order chi connectivity index (χ0) is 29.2. The summed E-state index contributed by atoms with van der Waals surface area (Å²) in [5.74, 6) is 1.73. The second kappa shape index (κ2) is 12.1. The minimum atomic E-state index is -0.608. The Labute approximate surface area is 246 Å². The van der Waals surface area contributed by atoms with Crippen LogP contribution in [-0.2, 0) is 0 Å². The van der Waals surface area contributed by atoms with Gasteiger partial charge >= 0.3 is 5.69 Å². The molecule has 2 fully saturated rings. The lowest BCUT2D eigenvalue weighted by atomic mass is 9.90. The monoisotopic (exact) mass is 589 g/mol. The standard InChI is InChI=1S/C31H32FN5O4S/c1-19-4-10-24(11-5-19)41-29-25(3-2-14-33-29)28(38)35-21-6-8-22(9-7-21)37-30(39)26-17-20(32)18-34-27(26)36(31(37)40)23-12-15-42-16-13-23/h2-5,10-11,14,17-18,21-23H,6-9,12-13,15-16H2,1H3,(H,35,38). The van der Waals surface area contributed by atoms with E-state index in [0.29, 0.717) is 37.0 Å². The van der Waals surface area contributed by atoms with Gasteiger partial charge in [-0.1, -0.05) is 17.7 Å². The van der Waals surface area contributed by atoms with E-state index in [-0.39, 0.29) is 46.6 Å². The number of rotatable bonds is 6. The maximum Gasteiger partial charge on any atom is 0.333 e. The van der Waals surface area contributed by atoms with Gasteiger partial charge in [0.2, 0.25) is 5.88 Å². The Balaban J connectivity index is 1.20. The molecular weight excluding hydrogens is 557 g/mol. The SMILES string of the molecule is Cc1ccc(Oc2ncccc2C(=O)NC2CCC(n3c(=O)c4cc(F)cnc4n(C4CCSCC4)c3=O)CC2)cc1. The van der Waals surface area contributed by atoms with Crippen molar-refractivity contribution in [3.8, 4) is 11.6 Å². The summed E-state index contributed by atoms with van der Waals surface area (Å²) < 4.78 is 23.0. The van der Waals surface area contributed by atoms with Crippen LogP contribution in [0.2, 0.25) is 0 Å². The van der Waals surface area contributed by atoms with Gasteiger partial charge in [-0.15, -0.1) is 0 Å². The number of carbonyl (C=O) groups excluding carboxylic acids is 1. The first-order valence-electron chi connectivity index (χ1n) is 14.3. The minimum absolute atomic E-state index is 0.0857. The number of carbonyl (C=O) groups is 1. The second-order valence-electron chi connectivity index (χ2n) is 10.9. The van der Waals surface area contributed by atoms with E-state index in [4.69, 9.17) is 4.74 Å². The number of benzene rings is 1. The number of ether oxygens (including phenoxy) is 1. The molecule has 0 atom stereocenters. The van der Waals surface area contributed by atoms with Crippen LogP contribution in [0.15, 0.2) is 64.4 Å². The van der Waals surface area contributed by atoms with Crippen LogP contribution in [0.1, 0.15) is 66.5 Å². The summed E-state index contributed by atoms with van der Waals surface area (Å²) in [5, 5.41) is 3.21. The molecule has 1 aromatic carbocycles. The lowest BCUT2D eigenvalue weighted by Crippen LogP contribution is -2.46. The third-order valence-corrected chi connectivity index (χ3v) is 9.18. The Bertz CT molecular complexity index is 1720. The van der Waals surface area contributed by atoms with E-state index in [1.54, 1.807) is 22.9 Å². The molecule has 0 bridgehead atoms. The highest BCUT2D eigenvalue weighted by molar-refractivity contribution is 7.99. The summed E-state index contributed by atoms with van der Waals surface area (Å²) in [6, 6.07) is 11.5. The number of amides is 1. The number of pyridine rings is 2. The summed E-state index contributed by atoms with van der Waals surface area (Å²) in [6.07, 6.45) is 6.43. The highest BCUT2D eigenvalue weighted by atomic mass is 32.2. The predicted molar refractivity (Wildman–Crippen MR) is 160 cm³/mol.